The lowest BCUT2D eigenvalue weighted by atomic mass is 10.1. The van der Waals surface area contributed by atoms with Gasteiger partial charge in [0.2, 0.25) is 0 Å². The van der Waals surface area contributed by atoms with E-state index in [0.717, 1.165) is 6.42 Å². The van der Waals surface area contributed by atoms with Crippen molar-refractivity contribution < 1.29 is 5.21 Å². The van der Waals surface area contributed by atoms with E-state index < -0.39 is 0 Å². The van der Waals surface area contributed by atoms with Crippen molar-refractivity contribution in [2.75, 3.05) is 0 Å². The molecule has 2 nitrogen and oxygen atoms in total. The maximum atomic E-state index is 8.55. The quantitative estimate of drug-likeness (QED) is 0.643. The molecule has 0 aromatic heterocycles. The SMILES string of the molecule is CC(Cc1ccccc1)NO. The van der Waals surface area contributed by atoms with E-state index in [1.807, 2.05) is 37.3 Å². The molecule has 1 atom stereocenters. The second-order valence-electron chi connectivity index (χ2n) is 2.72. The summed E-state index contributed by atoms with van der Waals surface area (Å²) in [5, 5.41) is 8.55. The second kappa shape index (κ2) is 4.11. The van der Waals surface area contributed by atoms with E-state index in [0.29, 0.717) is 0 Å². The summed E-state index contributed by atoms with van der Waals surface area (Å²) in [4.78, 5) is 0. The molecule has 0 saturated heterocycles. The zero-order valence-electron chi connectivity index (χ0n) is 6.62. The van der Waals surface area contributed by atoms with Crippen LogP contribution in [0.2, 0.25) is 0 Å². The topological polar surface area (TPSA) is 32.3 Å². The van der Waals surface area contributed by atoms with Gasteiger partial charge in [-0.05, 0) is 18.9 Å². The molecular weight excluding hydrogens is 138 g/mol. The van der Waals surface area contributed by atoms with Crippen molar-refractivity contribution in [1.82, 2.24) is 5.48 Å². The van der Waals surface area contributed by atoms with Gasteiger partial charge in [-0.25, -0.2) is 5.48 Å². The largest absolute Gasteiger partial charge is 0.317 e. The average Bonchev–Trinajstić information content (AvgIpc) is 2.06. The molecule has 0 radical (unpaired) electrons. The van der Waals surface area contributed by atoms with Gasteiger partial charge in [0.1, 0.15) is 0 Å². The van der Waals surface area contributed by atoms with Crippen molar-refractivity contribution in [2.45, 2.75) is 19.4 Å². The van der Waals surface area contributed by atoms with Gasteiger partial charge in [-0.2, -0.15) is 0 Å². The fourth-order valence-corrected chi connectivity index (χ4v) is 1.01. The van der Waals surface area contributed by atoms with Gasteiger partial charge in [-0.1, -0.05) is 30.3 Å². The van der Waals surface area contributed by atoms with Crippen molar-refractivity contribution in [3.63, 3.8) is 0 Å². The number of nitrogens with one attached hydrogen (secondary N) is 1. The van der Waals surface area contributed by atoms with E-state index in [1.165, 1.54) is 5.56 Å². The molecule has 0 amide bonds. The van der Waals surface area contributed by atoms with E-state index in [9.17, 15) is 0 Å². The van der Waals surface area contributed by atoms with Gasteiger partial charge in [0, 0.05) is 6.04 Å². The molecule has 0 aliphatic heterocycles. The molecule has 2 heteroatoms. The predicted molar refractivity (Wildman–Crippen MR) is 44.5 cm³/mol. The van der Waals surface area contributed by atoms with Gasteiger partial charge < -0.3 is 5.21 Å². The summed E-state index contributed by atoms with van der Waals surface area (Å²) in [5.41, 5.74) is 3.45. The van der Waals surface area contributed by atoms with E-state index in [1.54, 1.807) is 0 Å². The molecule has 0 spiro atoms. The third-order valence-corrected chi connectivity index (χ3v) is 1.61. The Morgan fingerprint density at radius 2 is 2.00 bits per heavy atom. The Bertz CT molecular complexity index is 198. The maximum Gasteiger partial charge on any atom is 0.0331 e. The monoisotopic (exact) mass is 151 g/mol. The lowest BCUT2D eigenvalue weighted by Gasteiger charge is -2.07. The lowest BCUT2D eigenvalue weighted by molar-refractivity contribution is 0.133. The molecule has 1 unspecified atom stereocenters. The van der Waals surface area contributed by atoms with Crippen molar-refractivity contribution in [3.8, 4) is 0 Å². The number of rotatable bonds is 3. The molecule has 1 aromatic rings. The highest BCUT2D eigenvalue weighted by molar-refractivity contribution is 5.15. The van der Waals surface area contributed by atoms with Gasteiger partial charge in [-0.15, -0.1) is 0 Å². The van der Waals surface area contributed by atoms with Crippen LogP contribution in [0.25, 0.3) is 0 Å². The number of benzene rings is 1. The summed E-state index contributed by atoms with van der Waals surface area (Å²) in [5.74, 6) is 0. The van der Waals surface area contributed by atoms with Crippen LogP contribution in [0.3, 0.4) is 0 Å². The Balaban J connectivity index is 2.51. The summed E-state index contributed by atoms with van der Waals surface area (Å²) in [6.45, 7) is 1.94. The van der Waals surface area contributed by atoms with Crippen LogP contribution < -0.4 is 5.48 Å². The fraction of sp³-hybridized carbons (Fsp3) is 0.333. The molecule has 1 aromatic carbocycles. The molecule has 0 bridgehead atoms. The Kier molecular flexibility index (Phi) is 3.08. The van der Waals surface area contributed by atoms with Crippen LogP contribution in [0, 0.1) is 0 Å². The fourth-order valence-electron chi connectivity index (χ4n) is 1.01. The van der Waals surface area contributed by atoms with Gasteiger partial charge in [0.05, 0.1) is 0 Å². The number of hydrogen-bond acceptors (Lipinski definition) is 2. The highest BCUT2D eigenvalue weighted by Crippen LogP contribution is 2.01. The molecular formula is C9H13NO. The normalized spacial score (nSPS) is 12.9. The van der Waals surface area contributed by atoms with Gasteiger partial charge in [0.15, 0.2) is 0 Å². The zero-order chi connectivity index (χ0) is 8.10. The minimum atomic E-state index is 0.123. The minimum Gasteiger partial charge on any atom is -0.317 e. The van der Waals surface area contributed by atoms with Crippen LogP contribution in [0.4, 0.5) is 0 Å². The Morgan fingerprint density at radius 3 is 2.55 bits per heavy atom. The van der Waals surface area contributed by atoms with Gasteiger partial charge in [-0.3, -0.25) is 0 Å². The van der Waals surface area contributed by atoms with Crippen LogP contribution in [0.5, 0.6) is 0 Å². The molecule has 11 heavy (non-hydrogen) atoms. The van der Waals surface area contributed by atoms with Crippen molar-refractivity contribution in [2.24, 2.45) is 0 Å². The Morgan fingerprint density at radius 1 is 1.36 bits per heavy atom. The zero-order valence-corrected chi connectivity index (χ0v) is 6.62. The van der Waals surface area contributed by atoms with Crippen molar-refractivity contribution in [1.29, 1.82) is 0 Å². The Hall–Kier alpha value is -0.860. The van der Waals surface area contributed by atoms with Crippen LogP contribution in [0.15, 0.2) is 30.3 Å². The summed E-state index contributed by atoms with van der Waals surface area (Å²) in [7, 11) is 0. The summed E-state index contributed by atoms with van der Waals surface area (Å²) in [6, 6.07) is 10.2. The van der Waals surface area contributed by atoms with Crippen LogP contribution in [-0.4, -0.2) is 11.2 Å². The van der Waals surface area contributed by atoms with Crippen LogP contribution in [0.1, 0.15) is 12.5 Å². The van der Waals surface area contributed by atoms with Gasteiger partial charge >= 0.3 is 0 Å². The number of hydrogen-bond donors (Lipinski definition) is 2. The molecule has 1 rings (SSSR count). The van der Waals surface area contributed by atoms with E-state index in [-0.39, 0.29) is 6.04 Å². The third-order valence-electron chi connectivity index (χ3n) is 1.61. The number of hydroxylamine groups is 1. The third kappa shape index (κ3) is 2.70. The standard InChI is InChI=1S/C9H13NO/c1-8(10-11)7-9-5-3-2-4-6-9/h2-6,8,10-11H,7H2,1H3. The first-order chi connectivity index (χ1) is 5.33. The molecule has 60 valence electrons. The first kappa shape index (κ1) is 8.24. The molecule has 2 N–H and O–H groups in total. The minimum absolute atomic E-state index is 0.123. The molecule has 0 aliphatic carbocycles. The molecule has 0 saturated carbocycles. The van der Waals surface area contributed by atoms with E-state index in [4.69, 9.17) is 5.21 Å². The van der Waals surface area contributed by atoms with E-state index in [2.05, 4.69) is 5.48 Å². The second-order valence-corrected chi connectivity index (χ2v) is 2.72. The highest BCUT2D eigenvalue weighted by atomic mass is 16.5. The molecule has 0 heterocycles. The summed E-state index contributed by atoms with van der Waals surface area (Å²) >= 11 is 0. The average molecular weight is 151 g/mol. The summed E-state index contributed by atoms with van der Waals surface area (Å²) < 4.78 is 0. The highest BCUT2D eigenvalue weighted by Gasteiger charge is 1.98. The molecule has 0 fully saturated rings. The predicted octanol–water partition coefficient (Wildman–Crippen LogP) is 1.60. The lowest BCUT2D eigenvalue weighted by Crippen LogP contribution is -2.24. The molecule has 0 aliphatic rings. The van der Waals surface area contributed by atoms with Gasteiger partial charge in [0.25, 0.3) is 0 Å². The Labute approximate surface area is 66.8 Å². The van der Waals surface area contributed by atoms with Crippen molar-refractivity contribution >= 4 is 0 Å². The van der Waals surface area contributed by atoms with Crippen LogP contribution in [-0.2, 0) is 6.42 Å². The smallest absolute Gasteiger partial charge is 0.0331 e. The maximum absolute atomic E-state index is 8.55. The van der Waals surface area contributed by atoms with E-state index >= 15 is 0 Å². The first-order valence-electron chi connectivity index (χ1n) is 3.76. The van der Waals surface area contributed by atoms with Crippen molar-refractivity contribution in [3.05, 3.63) is 35.9 Å². The van der Waals surface area contributed by atoms with Crippen LogP contribution >= 0.6 is 0 Å². The summed E-state index contributed by atoms with van der Waals surface area (Å²) in [6.07, 6.45) is 0.858. The first-order valence-corrected chi connectivity index (χ1v) is 3.76.